The van der Waals surface area contributed by atoms with E-state index in [1.165, 1.54) is 17.3 Å². The molecule has 1 aromatic carbocycles. The van der Waals surface area contributed by atoms with Crippen molar-refractivity contribution >= 4 is 23.4 Å². The Morgan fingerprint density at radius 3 is 2.92 bits per heavy atom. The van der Waals surface area contributed by atoms with Crippen molar-refractivity contribution in [2.45, 2.75) is 37.2 Å². The Morgan fingerprint density at radius 2 is 2.12 bits per heavy atom. The number of fused-ring (bicyclic) bond motifs is 1. The Morgan fingerprint density at radius 1 is 1.27 bits per heavy atom. The Kier molecular flexibility index (Phi) is 4.55. The number of carbonyl (C=O) groups excluding carboxylic acids is 1. The highest BCUT2D eigenvalue weighted by molar-refractivity contribution is 8.00. The average Bonchev–Trinajstić information content (AvgIpc) is 3.29. The molecule has 134 valence electrons. The minimum absolute atomic E-state index is 0.0568. The van der Waals surface area contributed by atoms with Crippen LogP contribution in [0.1, 0.15) is 24.7 Å². The van der Waals surface area contributed by atoms with Crippen LogP contribution in [-0.4, -0.2) is 27.9 Å². The fourth-order valence-corrected chi connectivity index (χ4v) is 3.90. The highest BCUT2D eigenvalue weighted by atomic mass is 32.2. The molecule has 0 bridgehead atoms. The van der Waals surface area contributed by atoms with Crippen LogP contribution in [0.5, 0.6) is 0 Å². The maximum Gasteiger partial charge on any atom is 0.277 e. The van der Waals surface area contributed by atoms with E-state index in [4.69, 9.17) is 8.83 Å². The third kappa shape index (κ3) is 3.14. The third-order valence-electron chi connectivity index (χ3n) is 4.50. The molecule has 1 amide bonds. The first-order chi connectivity index (χ1) is 12.6. The summed E-state index contributed by atoms with van der Waals surface area (Å²) in [5.41, 5.74) is 3.00. The van der Waals surface area contributed by atoms with Crippen LogP contribution in [0, 0.1) is 6.92 Å². The molecule has 1 aliphatic heterocycles. The number of thioether (sulfide) groups is 1. The lowest BCUT2D eigenvalue weighted by molar-refractivity contribution is -0.117. The van der Waals surface area contributed by atoms with E-state index in [9.17, 15) is 4.79 Å². The lowest BCUT2D eigenvalue weighted by atomic mass is 10.0. The number of hydrogen-bond donors (Lipinski definition) is 0. The molecular formula is C19H19N3O3S. The number of hydrogen-bond acceptors (Lipinski definition) is 6. The van der Waals surface area contributed by atoms with E-state index in [-0.39, 0.29) is 11.2 Å². The van der Waals surface area contributed by atoms with Crippen molar-refractivity contribution in [3.8, 4) is 11.5 Å². The summed E-state index contributed by atoms with van der Waals surface area (Å²) in [7, 11) is 0. The second kappa shape index (κ2) is 6.99. The van der Waals surface area contributed by atoms with Crippen LogP contribution in [0.25, 0.3) is 11.5 Å². The highest BCUT2D eigenvalue weighted by Gasteiger charge is 2.28. The summed E-state index contributed by atoms with van der Waals surface area (Å²) in [5, 5.41) is 8.18. The molecule has 0 aliphatic carbocycles. The van der Waals surface area contributed by atoms with E-state index in [1.54, 1.807) is 12.3 Å². The number of nitrogens with zero attached hydrogens (tertiary/aromatic N) is 3. The monoisotopic (exact) mass is 369 g/mol. The molecule has 3 aromatic rings. The molecule has 26 heavy (non-hydrogen) atoms. The van der Waals surface area contributed by atoms with Gasteiger partial charge in [0, 0.05) is 12.2 Å². The van der Waals surface area contributed by atoms with Gasteiger partial charge >= 0.3 is 0 Å². The second-order valence-electron chi connectivity index (χ2n) is 6.25. The van der Waals surface area contributed by atoms with Crippen LogP contribution < -0.4 is 4.90 Å². The van der Waals surface area contributed by atoms with Gasteiger partial charge in [-0.05, 0) is 44.4 Å². The van der Waals surface area contributed by atoms with E-state index >= 15 is 0 Å². The number of benzene rings is 1. The normalized spacial score (nSPS) is 14.9. The standard InChI is InChI=1S/C19H19N3O3S/c1-12-15(9-11-24-12)17-20-21-19(25-17)26-13(2)18(23)22-10-5-7-14-6-3-4-8-16(14)22/h3-4,6,8-9,11,13H,5,7,10H2,1-2H3/t13-/m0/s1. The molecule has 0 fully saturated rings. The molecule has 0 radical (unpaired) electrons. The molecular weight excluding hydrogens is 350 g/mol. The van der Waals surface area contributed by atoms with Crippen molar-refractivity contribution in [2.75, 3.05) is 11.4 Å². The van der Waals surface area contributed by atoms with Crippen LogP contribution in [0.3, 0.4) is 0 Å². The zero-order valence-corrected chi connectivity index (χ0v) is 15.5. The van der Waals surface area contributed by atoms with Crippen molar-refractivity contribution in [3.63, 3.8) is 0 Å². The zero-order chi connectivity index (χ0) is 18.1. The van der Waals surface area contributed by atoms with Crippen molar-refractivity contribution in [1.29, 1.82) is 0 Å². The van der Waals surface area contributed by atoms with Gasteiger partial charge in [0.05, 0.1) is 17.1 Å². The molecule has 7 heteroatoms. The molecule has 1 atom stereocenters. The van der Waals surface area contributed by atoms with E-state index < -0.39 is 0 Å². The van der Waals surface area contributed by atoms with Crippen LogP contribution in [0.2, 0.25) is 0 Å². The summed E-state index contributed by atoms with van der Waals surface area (Å²) in [4.78, 5) is 14.8. The fourth-order valence-electron chi connectivity index (χ4n) is 3.16. The van der Waals surface area contributed by atoms with Crippen LogP contribution in [0.15, 0.2) is 50.7 Å². The van der Waals surface area contributed by atoms with E-state index in [2.05, 4.69) is 16.3 Å². The van der Waals surface area contributed by atoms with Gasteiger partial charge in [-0.25, -0.2) is 0 Å². The molecule has 6 nitrogen and oxygen atoms in total. The second-order valence-corrected chi connectivity index (χ2v) is 7.54. The van der Waals surface area contributed by atoms with E-state index in [0.717, 1.165) is 36.4 Å². The highest BCUT2D eigenvalue weighted by Crippen LogP contribution is 2.32. The summed E-state index contributed by atoms with van der Waals surface area (Å²) < 4.78 is 11.0. The van der Waals surface area contributed by atoms with E-state index in [1.807, 2.05) is 36.9 Å². The van der Waals surface area contributed by atoms with Crippen LogP contribution >= 0.6 is 11.8 Å². The largest absolute Gasteiger partial charge is 0.469 e. The number of anilines is 1. The van der Waals surface area contributed by atoms with Crippen molar-refractivity contribution in [1.82, 2.24) is 10.2 Å². The summed E-state index contributed by atoms with van der Waals surface area (Å²) in [6, 6.07) is 9.87. The molecule has 0 spiro atoms. The molecule has 0 saturated carbocycles. The minimum atomic E-state index is -0.320. The van der Waals surface area contributed by atoms with Gasteiger partial charge in [0.2, 0.25) is 5.91 Å². The topological polar surface area (TPSA) is 72.4 Å². The number of amides is 1. The van der Waals surface area contributed by atoms with E-state index in [0.29, 0.717) is 11.1 Å². The molecule has 0 unspecified atom stereocenters. The lowest BCUT2D eigenvalue weighted by Crippen LogP contribution is -2.40. The Bertz CT molecular complexity index is 934. The quantitative estimate of drug-likeness (QED) is 0.645. The minimum Gasteiger partial charge on any atom is -0.469 e. The molecule has 1 aliphatic rings. The van der Waals surface area contributed by atoms with Gasteiger partial charge in [-0.1, -0.05) is 30.0 Å². The number of carbonyl (C=O) groups is 1. The zero-order valence-electron chi connectivity index (χ0n) is 14.6. The molecule has 2 aromatic heterocycles. The number of rotatable bonds is 4. The van der Waals surface area contributed by atoms with Gasteiger partial charge in [-0.15, -0.1) is 10.2 Å². The first-order valence-electron chi connectivity index (χ1n) is 8.57. The number of aromatic nitrogens is 2. The molecule has 0 N–H and O–H groups in total. The van der Waals surface area contributed by atoms with Gasteiger partial charge in [0.1, 0.15) is 5.76 Å². The maximum atomic E-state index is 13.0. The SMILES string of the molecule is Cc1occc1-c1nnc(S[C@@H](C)C(=O)N2CCCc3ccccc32)o1. The Labute approximate surface area is 155 Å². The predicted molar refractivity (Wildman–Crippen MR) is 99.2 cm³/mol. The van der Waals surface area contributed by atoms with Crippen molar-refractivity contribution < 1.29 is 13.6 Å². The van der Waals surface area contributed by atoms with Crippen LogP contribution in [0.4, 0.5) is 5.69 Å². The number of furan rings is 1. The summed E-state index contributed by atoms with van der Waals surface area (Å²) in [6.07, 6.45) is 3.57. The lowest BCUT2D eigenvalue weighted by Gasteiger charge is -2.31. The average molecular weight is 369 g/mol. The van der Waals surface area contributed by atoms with Gasteiger partial charge in [-0.2, -0.15) is 0 Å². The van der Waals surface area contributed by atoms with Gasteiger partial charge in [-0.3, -0.25) is 4.79 Å². The molecule has 3 heterocycles. The van der Waals surface area contributed by atoms with Crippen molar-refractivity contribution in [2.24, 2.45) is 0 Å². The first kappa shape index (κ1) is 16.9. The summed E-state index contributed by atoms with van der Waals surface area (Å²) in [5.74, 6) is 1.18. The number of para-hydroxylation sites is 1. The van der Waals surface area contributed by atoms with Gasteiger partial charge in [0.15, 0.2) is 0 Å². The maximum absolute atomic E-state index is 13.0. The third-order valence-corrected chi connectivity index (χ3v) is 5.42. The smallest absolute Gasteiger partial charge is 0.277 e. The van der Waals surface area contributed by atoms with Crippen molar-refractivity contribution in [3.05, 3.63) is 47.9 Å². The number of aryl methyl sites for hydroxylation is 2. The fraction of sp³-hybridized carbons (Fsp3) is 0.316. The summed E-state index contributed by atoms with van der Waals surface area (Å²) in [6.45, 7) is 4.45. The first-order valence-corrected chi connectivity index (χ1v) is 9.45. The van der Waals surface area contributed by atoms with Crippen LogP contribution in [-0.2, 0) is 11.2 Å². The molecule has 0 saturated heterocycles. The Balaban J connectivity index is 1.49. The summed E-state index contributed by atoms with van der Waals surface area (Å²) >= 11 is 1.28. The van der Waals surface area contributed by atoms with Gasteiger partial charge in [0.25, 0.3) is 11.1 Å². The van der Waals surface area contributed by atoms with Gasteiger partial charge < -0.3 is 13.7 Å². The molecule has 4 rings (SSSR count). The predicted octanol–water partition coefficient (Wildman–Crippen LogP) is 4.10. The Hall–Kier alpha value is -2.54.